The number of benzene rings is 2. The Hall–Kier alpha value is -6.25. The number of aromatic nitrogens is 2. The van der Waals surface area contributed by atoms with Crippen LogP contribution in [-0.4, -0.2) is 69.8 Å². The minimum atomic E-state index is -4.28. The minimum Gasteiger partial charge on any atom is -0.443 e. The Kier molecular flexibility index (Phi) is 16.6. The van der Waals surface area contributed by atoms with Gasteiger partial charge in [-0.3, -0.25) is 24.4 Å². The van der Waals surface area contributed by atoms with Gasteiger partial charge in [0.15, 0.2) is 0 Å². The predicted octanol–water partition coefficient (Wildman–Crippen LogP) is 5.95. The Balaban J connectivity index is 1.57. The summed E-state index contributed by atoms with van der Waals surface area (Å²) in [6.45, 7) is 9.67. The Labute approximate surface area is 343 Å². The van der Waals surface area contributed by atoms with Crippen LogP contribution in [0.5, 0.6) is 0 Å². The SMILES string of the molecule is Cc1cccc(COC(=O)N[C@H](C(=O)N[C@@H](Cc2ccccc2)C(F)(F)C(=O)[C@@H](Cc2ccccc2)NC(=O)[C@@H](NC(=O)OCc2cccc(C)n2)C(C)C)C(C)C)n1. The van der Waals surface area contributed by atoms with Crippen molar-refractivity contribution in [1.82, 2.24) is 31.2 Å². The lowest BCUT2D eigenvalue weighted by Crippen LogP contribution is -2.63. The maximum atomic E-state index is 16.9. The molecule has 0 aliphatic heterocycles. The van der Waals surface area contributed by atoms with Crippen LogP contribution in [0.15, 0.2) is 97.1 Å². The molecule has 0 aliphatic rings. The van der Waals surface area contributed by atoms with Gasteiger partial charge in [-0.2, -0.15) is 8.78 Å². The minimum absolute atomic E-state index is 0.185. The van der Waals surface area contributed by atoms with E-state index in [9.17, 15) is 24.0 Å². The second-order valence-electron chi connectivity index (χ2n) is 14.9. The molecule has 13 nitrogen and oxygen atoms in total. The number of pyridine rings is 2. The summed E-state index contributed by atoms with van der Waals surface area (Å²) in [4.78, 5) is 76.1. The second kappa shape index (κ2) is 21.5. The molecular weight excluding hydrogens is 763 g/mol. The first kappa shape index (κ1) is 45.5. The van der Waals surface area contributed by atoms with Gasteiger partial charge in [0.1, 0.15) is 31.3 Å². The van der Waals surface area contributed by atoms with E-state index in [-0.39, 0.29) is 19.6 Å². The fourth-order valence-electron chi connectivity index (χ4n) is 6.15. The van der Waals surface area contributed by atoms with Crippen molar-refractivity contribution in [2.24, 2.45) is 11.8 Å². The molecule has 15 heteroatoms. The molecule has 59 heavy (non-hydrogen) atoms. The van der Waals surface area contributed by atoms with Crippen molar-refractivity contribution in [1.29, 1.82) is 0 Å². The van der Waals surface area contributed by atoms with E-state index in [2.05, 4.69) is 31.2 Å². The zero-order chi connectivity index (χ0) is 43.1. The number of alkyl halides is 2. The number of alkyl carbamates (subject to hydrolysis) is 2. The number of rotatable bonds is 19. The molecule has 2 aromatic heterocycles. The molecule has 4 amide bonds. The zero-order valence-corrected chi connectivity index (χ0v) is 34.0. The highest BCUT2D eigenvalue weighted by molar-refractivity contribution is 5.97. The molecule has 0 unspecified atom stereocenters. The quantitative estimate of drug-likeness (QED) is 0.0891. The van der Waals surface area contributed by atoms with E-state index in [0.29, 0.717) is 33.9 Å². The first-order chi connectivity index (χ1) is 28.0. The molecule has 2 heterocycles. The maximum Gasteiger partial charge on any atom is 0.408 e. The van der Waals surface area contributed by atoms with E-state index < -0.39 is 78.1 Å². The molecule has 0 saturated carbocycles. The molecule has 0 bridgehead atoms. The van der Waals surface area contributed by atoms with Gasteiger partial charge in [0.2, 0.25) is 17.6 Å². The Bertz CT molecular complexity index is 2030. The van der Waals surface area contributed by atoms with E-state index in [1.165, 1.54) is 0 Å². The van der Waals surface area contributed by atoms with Gasteiger partial charge >= 0.3 is 18.1 Å². The number of Topliss-reactive ketones (excluding diaryl/α,β-unsaturated/α-hetero) is 1. The summed E-state index contributed by atoms with van der Waals surface area (Å²) < 4.78 is 44.4. The molecule has 0 radical (unpaired) electrons. The van der Waals surface area contributed by atoms with Gasteiger partial charge in [0.05, 0.1) is 17.4 Å². The molecule has 4 aromatic rings. The lowest BCUT2D eigenvalue weighted by molar-refractivity contribution is -0.153. The van der Waals surface area contributed by atoms with Crippen molar-refractivity contribution in [3.63, 3.8) is 0 Å². The normalized spacial score (nSPS) is 13.4. The summed E-state index contributed by atoms with van der Waals surface area (Å²) in [5.74, 6) is -8.98. The van der Waals surface area contributed by atoms with Crippen LogP contribution < -0.4 is 21.3 Å². The summed E-state index contributed by atoms with van der Waals surface area (Å²) in [6, 6.07) is 20.2. The number of hydrogen-bond donors (Lipinski definition) is 4. The van der Waals surface area contributed by atoms with Crippen LogP contribution in [-0.2, 0) is 49.9 Å². The maximum absolute atomic E-state index is 16.9. The van der Waals surface area contributed by atoms with Crippen LogP contribution in [0.2, 0.25) is 0 Å². The first-order valence-corrected chi connectivity index (χ1v) is 19.4. The Morgan fingerprint density at radius 2 is 1.00 bits per heavy atom. The number of nitrogens with one attached hydrogen (secondary N) is 4. The van der Waals surface area contributed by atoms with Crippen LogP contribution in [0.3, 0.4) is 0 Å². The number of carbonyl (C=O) groups is 5. The third-order valence-electron chi connectivity index (χ3n) is 9.32. The molecule has 4 atom stereocenters. The fourth-order valence-corrected chi connectivity index (χ4v) is 6.15. The van der Waals surface area contributed by atoms with Gasteiger partial charge in [-0.05, 0) is 73.9 Å². The fraction of sp³-hybridized carbons (Fsp3) is 0.386. The van der Waals surface area contributed by atoms with Gasteiger partial charge < -0.3 is 30.7 Å². The number of halogens is 2. The highest BCUT2D eigenvalue weighted by Gasteiger charge is 2.51. The van der Waals surface area contributed by atoms with Crippen LogP contribution in [0.25, 0.3) is 0 Å². The third-order valence-corrected chi connectivity index (χ3v) is 9.32. The van der Waals surface area contributed by atoms with Gasteiger partial charge in [0, 0.05) is 11.4 Å². The van der Waals surface area contributed by atoms with Crippen molar-refractivity contribution in [2.75, 3.05) is 0 Å². The average Bonchev–Trinajstić information content (AvgIpc) is 3.20. The summed E-state index contributed by atoms with van der Waals surface area (Å²) in [7, 11) is 0. The number of hydrogen-bond acceptors (Lipinski definition) is 9. The third kappa shape index (κ3) is 14.0. The van der Waals surface area contributed by atoms with Gasteiger partial charge in [0.25, 0.3) is 0 Å². The summed E-state index contributed by atoms with van der Waals surface area (Å²) in [5.41, 5.74) is 3.22. The van der Waals surface area contributed by atoms with Crippen molar-refractivity contribution in [3.8, 4) is 0 Å². The van der Waals surface area contributed by atoms with Crippen LogP contribution in [0.1, 0.15) is 61.6 Å². The van der Waals surface area contributed by atoms with Crippen LogP contribution in [0.4, 0.5) is 18.4 Å². The summed E-state index contributed by atoms with van der Waals surface area (Å²) >= 11 is 0. The predicted molar refractivity (Wildman–Crippen MR) is 216 cm³/mol. The topological polar surface area (TPSA) is 178 Å². The molecule has 0 fully saturated rings. The molecular formula is C44H52F2N6O7. The lowest BCUT2D eigenvalue weighted by Gasteiger charge is -2.32. The summed E-state index contributed by atoms with van der Waals surface area (Å²) in [5, 5.41) is 9.75. The monoisotopic (exact) mass is 814 g/mol. The van der Waals surface area contributed by atoms with Crippen molar-refractivity contribution in [2.45, 2.75) is 97.7 Å². The van der Waals surface area contributed by atoms with Crippen LogP contribution in [0, 0.1) is 25.7 Å². The number of ketones is 1. The standard InChI is InChI=1S/C44H52F2N6O7/c1-27(2)37(51-42(56)58-25-33-21-13-15-29(5)47-33)40(54)49-35(23-31-17-9-7-10-18-31)39(53)44(45,46)36(24-32-19-11-8-12-20-32)50-41(55)38(28(3)4)52-43(57)59-26-34-22-14-16-30(6)48-34/h7-22,27-28,35-38H,23-26H2,1-6H3,(H,49,54)(H,50,55)(H,51,56)(H,52,57)/t35-,36+,37+,38+/m1/s1. The molecule has 0 aliphatic carbocycles. The second-order valence-corrected chi connectivity index (χ2v) is 14.9. The van der Waals surface area contributed by atoms with Crippen molar-refractivity contribution >= 4 is 29.8 Å². The molecule has 0 saturated heterocycles. The van der Waals surface area contributed by atoms with E-state index >= 15 is 8.78 Å². The average molecular weight is 815 g/mol. The van der Waals surface area contributed by atoms with E-state index in [4.69, 9.17) is 9.47 Å². The van der Waals surface area contributed by atoms with E-state index in [0.717, 1.165) is 0 Å². The number of nitrogens with zero attached hydrogens (tertiary/aromatic N) is 2. The first-order valence-electron chi connectivity index (χ1n) is 19.4. The number of aryl methyl sites for hydroxylation is 2. The lowest BCUT2D eigenvalue weighted by atomic mass is 9.90. The van der Waals surface area contributed by atoms with Gasteiger partial charge in [-0.25, -0.2) is 9.59 Å². The van der Waals surface area contributed by atoms with Crippen molar-refractivity contribution in [3.05, 3.63) is 131 Å². The van der Waals surface area contributed by atoms with Crippen molar-refractivity contribution < 1.29 is 42.2 Å². The molecule has 0 spiro atoms. The molecule has 314 valence electrons. The highest BCUT2D eigenvalue weighted by Crippen LogP contribution is 2.27. The van der Waals surface area contributed by atoms with E-state index in [1.54, 1.807) is 139 Å². The molecule has 2 aromatic carbocycles. The van der Waals surface area contributed by atoms with Crippen LogP contribution >= 0.6 is 0 Å². The van der Waals surface area contributed by atoms with E-state index in [1.807, 2.05) is 0 Å². The Morgan fingerprint density at radius 1 is 0.576 bits per heavy atom. The van der Waals surface area contributed by atoms with Gasteiger partial charge in [-0.15, -0.1) is 0 Å². The molecule has 4 rings (SSSR count). The summed E-state index contributed by atoms with van der Waals surface area (Å²) in [6.07, 6.45) is -2.74. The number of ether oxygens (including phenoxy) is 2. The Morgan fingerprint density at radius 3 is 1.42 bits per heavy atom. The number of amides is 4. The van der Waals surface area contributed by atoms with Gasteiger partial charge in [-0.1, -0.05) is 100 Å². The zero-order valence-electron chi connectivity index (χ0n) is 34.0. The smallest absolute Gasteiger partial charge is 0.408 e. The highest BCUT2D eigenvalue weighted by atomic mass is 19.3. The molecule has 4 N–H and O–H groups in total. The largest absolute Gasteiger partial charge is 0.443 e. The number of carbonyl (C=O) groups excluding carboxylic acids is 5.